The number of aryl methyl sites for hydroxylation is 2. The third-order valence-corrected chi connectivity index (χ3v) is 3.30. The first-order valence-corrected chi connectivity index (χ1v) is 6.29. The molecule has 96 valence electrons. The normalized spacial score (nSPS) is 10.8. The number of aromatic amines is 1. The van der Waals surface area contributed by atoms with Crippen LogP contribution in [0.4, 0.5) is 0 Å². The molecular weight excluding hydrogens is 246 g/mol. The lowest BCUT2D eigenvalue weighted by atomic mass is 10.2. The summed E-state index contributed by atoms with van der Waals surface area (Å²) in [4.78, 5) is 16.4. The van der Waals surface area contributed by atoms with Gasteiger partial charge >= 0.3 is 0 Å². The van der Waals surface area contributed by atoms with Gasteiger partial charge in [0.25, 0.3) is 0 Å². The van der Waals surface area contributed by atoms with E-state index in [1.165, 1.54) is 5.56 Å². The molecule has 4 nitrogen and oxygen atoms in total. The summed E-state index contributed by atoms with van der Waals surface area (Å²) >= 11 is 5.30. The quantitative estimate of drug-likeness (QED) is 0.864. The molecular formula is C13H17N3OS. The number of imidazole rings is 1. The SMILES string of the molecule is Cc1ccc2c(c1)[nH]c(=S)n2CCC(=O)N(C)C. The van der Waals surface area contributed by atoms with E-state index in [4.69, 9.17) is 12.2 Å². The van der Waals surface area contributed by atoms with E-state index in [1.54, 1.807) is 19.0 Å². The number of rotatable bonds is 3. The maximum Gasteiger partial charge on any atom is 0.223 e. The van der Waals surface area contributed by atoms with Gasteiger partial charge in [-0.15, -0.1) is 0 Å². The van der Waals surface area contributed by atoms with Crippen molar-refractivity contribution in [2.75, 3.05) is 14.1 Å². The molecule has 0 saturated heterocycles. The Bertz CT molecular complexity index is 639. The molecule has 0 atom stereocenters. The van der Waals surface area contributed by atoms with Gasteiger partial charge in [0.1, 0.15) is 0 Å². The lowest BCUT2D eigenvalue weighted by Crippen LogP contribution is -2.22. The highest BCUT2D eigenvalue weighted by Crippen LogP contribution is 2.16. The van der Waals surface area contributed by atoms with Gasteiger partial charge in [0.05, 0.1) is 11.0 Å². The number of aromatic nitrogens is 2. The largest absolute Gasteiger partial charge is 0.349 e. The number of hydrogen-bond donors (Lipinski definition) is 1. The van der Waals surface area contributed by atoms with E-state index < -0.39 is 0 Å². The number of H-pyrrole nitrogens is 1. The third kappa shape index (κ3) is 2.46. The van der Waals surface area contributed by atoms with E-state index in [2.05, 4.69) is 17.1 Å². The van der Waals surface area contributed by atoms with Gasteiger partial charge in [-0.25, -0.2) is 0 Å². The average molecular weight is 263 g/mol. The van der Waals surface area contributed by atoms with Crippen LogP contribution in [0.1, 0.15) is 12.0 Å². The van der Waals surface area contributed by atoms with Crippen molar-refractivity contribution < 1.29 is 4.79 Å². The molecule has 1 N–H and O–H groups in total. The number of hydrogen-bond acceptors (Lipinski definition) is 2. The summed E-state index contributed by atoms with van der Waals surface area (Å²) in [6.07, 6.45) is 0.460. The number of fused-ring (bicyclic) bond motifs is 1. The van der Waals surface area contributed by atoms with Gasteiger partial charge in [0.15, 0.2) is 4.77 Å². The Kier molecular flexibility index (Phi) is 3.52. The molecule has 0 aliphatic rings. The van der Waals surface area contributed by atoms with E-state index in [-0.39, 0.29) is 5.91 Å². The minimum Gasteiger partial charge on any atom is -0.349 e. The molecule has 18 heavy (non-hydrogen) atoms. The van der Waals surface area contributed by atoms with Crippen molar-refractivity contribution in [2.45, 2.75) is 19.9 Å². The smallest absolute Gasteiger partial charge is 0.223 e. The third-order valence-electron chi connectivity index (χ3n) is 2.98. The summed E-state index contributed by atoms with van der Waals surface area (Å²) in [6.45, 7) is 2.65. The number of nitrogens with one attached hydrogen (secondary N) is 1. The summed E-state index contributed by atoms with van der Waals surface area (Å²) in [5.74, 6) is 0.110. The summed E-state index contributed by atoms with van der Waals surface area (Å²) in [5.41, 5.74) is 3.27. The second kappa shape index (κ2) is 4.94. The van der Waals surface area contributed by atoms with Gasteiger partial charge < -0.3 is 14.5 Å². The number of carbonyl (C=O) groups is 1. The first kappa shape index (κ1) is 12.8. The van der Waals surface area contributed by atoms with Crippen molar-refractivity contribution in [1.82, 2.24) is 14.5 Å². The van der Waals surface area contributed by atoms with Crippen LogP contribution in [-0.2, 0) is 11.3 Å². The van der Waals surface area contributed by atoms with E-state index >= 15 is 0 Å². The van der Waals surface area contributed by atoms with Crippen LogP contribution in [0.2, 0.25) is 0 Å². The lowest BCUT2D eigenvalue weighted by Gasteiger charge is -2.10. The van der Waals surface area contributed by atoms with Crippen LogP contribution < -0.4 is 0 Å². The predicted molar refractivity (Wildman–Crippen MR) is 75.2 cm³/mol. The molecule has 0 spiro atoms. The highest BCUT2D eigenvalue weighted by Gasteiger charge is 2.08. The Labute approximate surface area is 111 Å². The molecule has 5 heteroatoms. The van der Waals surface area contributed by atoms with Crippen molar-refractivity contribution in [3.05, 3.63) is 28.5 Å². The van der Waals surface area contributed by atoms with Crippen LogP contribution in [0.5, 0.6) is 0 Å². The fourth-order valence-electron chi connectivity index (χ4n) is 1.93. The van der Waals surface area contributed by atoms with E-state index in [0.717, 1.165) is 11.0 Å². The van der Waals surface area contributed by atoms with Gasteiger partial charge in [-0.2, -0.15) is 0 Å². The molecule has 0 radical (unpaired) electrons. The molecule has 0 bridgehead atoms. The molecule has 0 fully saturated rings. The van der Waals surface area contributed by atoms with Gasteiger partial charge in [-0.1, -0.05) is 6.07 Å². The maximum absolute atomic E-state index is 11.6. The Morgan fingerprint density at radius 3 is 2.83 bits per heavy atom. The average Bonchev–Trinajstić information content (AvgIpc) is 2.60. The molecule has 1 amide bonds. The Balaban J connectivity index is 2.31. The summed E-state index contributed by atoms with van der Waals surface area (Å²) in [5, 5.41) is 0. The van der Waals surface area contributed by atoms with E-state index in [0.29, 0.717) is 17.7 Å². The van der Waals surface area contributed by atoms with Crippen molar-refractivity contribution in [2.24, 2.45) is 0 Å². The monoisotopic (exact) mass is 263 g/mol. The first-order chi connectivity index (χ1) is 8.49. The van der Waals surface area contributed by atoms with E-state index in [1.807, 2.05) is 17.6 Å². The molecule has 2 rings (SSSR count). The lowest BCUT2D eigenvalue weighted by molar-refractivity contribution is -0.128. The minimum atomic E-state index is 0.110. The van der Waals surface area contributed by atoms with Crippen LogP contribution in [0, 0.1) is 11.7 Å². The molecule has 0 saturated carbocycles. The highest BCUT2D eigenvalue weighted by molar-refractivity contribution is 7.71. The van der Waals surface area contributed by atoms with Crippen LogP contribution in [-0.4, -0.2) is 34.5 Å². The molecule has 0 unspecified atom stereocenters. The van der Waals surface area contributed by atoms with Crippen LogP contribution in [0.3, 0.4) is 0 Å². The minimum absolute atomic E-state index is 0.110. The highest BCUT2D eigenvalue weighted by atomic mass is 32.1. The van der Waals surface area contributed by atoms with Gasteiger partial charge in [0.2, 0.25) is 5.91 Å². The molecule has 2 aromatic rings. The fraction of sp³-hybridized carbons (Fsp3) is 0.385. The number of benzene rings is 1. The molecule has 1 heterocycles. The molecule has 0 aliphatic heterocycles. The Hall–Kier alpha value is -1.62. The molecule has 1 aromatic heterocycles. The Morgan fingerprint density at radius 2 is 2.17 bits per heavy atom. The topological polar surface area (TPSA) is 41.0 Å². The first-order valence-electron chi connectivity index (χ1n) is 5.88. The van der Waals surface area contributed by atoms with Crippen LogP contribution in [0.25, 0.3) is 11.0 Å². The fourth-order valence-corrected chi connectivity index (χ4v) is 2.23. The zero-order valence-electron chi connectivity index (χ0n) is 10.9. The molecule has 0 aliphatic carbocycles. The zero-order valence-corrected chi connectivity index (χ0v) is 11.7. The number of nitrogens with zero attached hydrogens (tertiary/aromatic N) is 2. The predicted octanol–water partition coefficient (Wildman–Crippen LogP) is 2.49. The number of amides is 1. The maximum atomic E-state index is 11.6. The summed E-state index contributed by atoms with van der Waals surface area (Å²) in [6, 6.07) is 6.15. The van der Waals surface area contributed by atoms with Crippen LogP contribution in [0.15, 0.2) is 18.2 Å². The zero-order chi connectivity index (χ0) is 13.3. The van der Waals surface area contributed by atoms with Gasteiger partial charge in [0, 0.05) is 27.1 Å². The Morgan fingerprint density at radius 1 is 1.44 bits per heavy atom. The number of carbonyl (C=O) groups excluding carboxylic acids is 1. The van der Waals surface area contributed by atoms with Crippen molar-refractivity contribution >= 4 is 29.2 Å². The second-order valence-corrected chi connectivity index (χ2v) is 5.03. The summed E-state index contributed by atoms with van der Waals surface area (Å²) in [7, 11) is 3.53. The van der Waals surface area contributed by atoms with Crippen molar-refractivity contribution in [3.8, 4) is 0 Å². The standard InChI is InChI=1S/C13H17N3OS/c1-9-4-5-11-10(8-9)14-13(18)16(11)7-6-12(17)15(2)3/h4-5,8H,6-7H2,1-3H3,(H,14,18). The van der Waals surface area contributed by atoms with Crippen molar-refractivity contribution in [3.63, 3.8) is 0 Å². The van der Waals surface area contributed by atoms with Crippen molar-refractivity contribution in [1.29, 1.82) is 0 Å². The van der Waals surface area contributed by atoms with E-state index in [9.17, 15) is 4.79 Å². The van der Waals surface area contributed by atoms with Gasteiger partial charge in [-0.05, 0) is 36.8 Å². The molecule has 1 aromatic carbocycles. The summed E-state index contributed by atoms with van der Waals surface area (Å²) < 4.78 is 2.65. The van der Waals surface area contributed by atoms with Gasteiger partial charge in [-0.3, -0.25) is 4.79 Å². The van der Waals surface area contributed by atoms with Crippen LogP contribution >= 0.6 is 12.2 Å². The second-order valence-electron chi connectivity index (χ2n) is 4.64.